The van der Waals surface area contributed by atoms with Crippen LogP contribution in [-0.2, 0) is 0 Å². The van der Waals surface area contributed by atoms with Gasteiger partial charge in [-0.25, -0.2) is 4.98 Å². The van der Waals surface area contributed by atoms with Gasteiger partial charge in [0.2, 0.25) is 0 Å². The van der Waals surface area contributed by atoms with E-state index in [0.717, 1.165) is 22.6 Å². The number of aromatic nitrogens is 2. The lowest BCUT2D eigenvalue weighted by Gasteiger charge is -2.01. The van der Waals surface area contributed by atoms with E-state index >= 15 is 0 Å². The predicted octanol–water partition coefficient (Wildman–Crippen LogP) is 4.06. The summed E-state index contributed by atoms with van der Waals surface area (Å²) in [6, 6.07) is 11.3. The Kier molecular flexibility index (Phi) is 2.82. The van der Waals surface area contributed by atoms with Crippen molar-refractivity contribution in [1.82, 2.24) is 9.97 Å². The van der Waals surface area contributed by atoms with Crippen molar-refractivity contribution in [2.75, 3.05) is 0 Å². The third-order valence-electron chi connectivity index (χ3n) is 2.63. The molecule has 1 aromatic carbocycles. The third kappa shape index (κ3) is 2.00. The lowest BCUT2D eigenvalue weighted by Crippen LogP contribution is -1.82. The van der Waals surface area contributed by atoms with E-state index in [9.17, 15) is 0 Å². The van der Waals surface area contributed by atoms with Crippen LogP contribution in [0.1, 0.15) is 0 Å². The van der Waals surface area contributed by atoms with Crippen LogP contribution in [0.15, 0.2) is 59.6 Å². The number of nitrogens with zero attached hydrogens (tertiary/aromatic N) is 2. The fourth-order valence-corrected chi connectivity index (χ4v) is 1.89. The first-order chi connectivity index (χ1) is 8.84. The SMILES string of the molecule is Clc1ccc(-c2ncoc2-c2ccncc2)cc1. The zero-order valence-corrected chi connectivity index (χ0v) is 10.1. The summed E-state index contributed by atoms with van der Waals surface area (Å²) >= 11 is 5.88. The van der Waals surface area contributed by atoms with Crippen molar-refractivity contribution in [3.8, 4) is 22.6 Å². The Morgan fingerprint density at radius 3 is 2.33 bits per heavy atom. The van der Waals surface area contributed by atoms with Crippen molar-refractivity contribution < 1.29 is 4.42 Å². The summed E-state index contributed by atoms with van der Waals surface area (Å²) in [5.41, 5.74) is 2.73. The minimum Gasteiger partial charge on any atom is -0.443 e. The molecule has 3 rings (SSSR count). The highest BCUT2D eigenvalue weighted by atomic mass is 35.5. The van der Waals surface area contributed by atoms with E-state index in [2.05, 4.69) is 9.97 Å². The molecule has 0 unspecified atom stereocenters. The number of hydrogen-bond acceptors (Lipinski definition) is 3. The Labute approximate surface area is 109 Å². The summed E-state index contributed by atoms with van der Waals surface area (Å²) in [7, 11) is 0. The van der Waals surface area contributed by atoms with Crippen LogP contribution in [0.4, 0.5) is 0 Å². The normalized spacial score (nSPS) is 10.5. The lowest BCUT2D eigenvalue weighted by atomic mass is 10.1. The summed E-state index contributed by atoms with van der Waals surface area (Å²) in [5.74, 6) is 0.736. The van der Waals surface area contributed by atoms with Gasteiger partial charge >= 0.3 is 0 Å². The van der Waals surface area contributed by atoms with Crippen LogP contribution in [0.5, 0.6) is 0 Å². The van der Waals surface area contributed by atoms with Crippen LogP contribution in [0.3, 0.4) is 0 Å². The molecule has 0 radical (unpaired) electrons. The van der Waals surface area contributed by atoms with Crippen molar-refractivity contribution in [3.05, 3.63) is 60.2 Å². The number of oxazole rings is 1. The van der Waals surface area contributed by atoms with Crippen LogP contribution >= 0.6 is 11.6 Å². The molecule has 2 aromatic heterocycles. The third-order valence-corrected chi connectivity index (χ3v) is 2.88. The maximum atomic E-state index is 5.88. The van der Waals surface area contributed by atoms with Crippen LogP contribution < -0.4 is 0 Å². The molecule has 3 nitrogen and oxygen atoms in total. The van der Waals surface area contributed by atoms with E-state index in [0.29, 0.717) is 5.02 Å². The second-order valence-corrected chi connectivity index (χ2v) is 4.21. The van der Waals surface area contributed by atoms with Crippen molar-refractivity contribution in [1.29, 1.82) is 0 Å². The maximum absolute atomic E-state index is 5.88. The Bertz CT molecular complexity index is 647. The van der Waals surface area contributed by atoms with Crippen molar-refractivity contribution >= 4 is 11.6 Å². The van der Waals surface area contributed by atoms with Crippen molar-refractivity contribution in [2.45, 2.75) is 0 Å². The van der Waals surface area contributed by atoms with E-state index in [-0.39, 0.29) is 0 Å². The van der Waals surface area contributed by atoms with Gasteiger partial charge in [-0.2, -0.15) is 0 Å². The molecule has 18 heavy (non-hydrogen) atoms. The van der Waals surface area contributed by atoms with Crippen LogP contribution in [0.2, 0.25) is 5.02 Å². The molecule has 0 bridgehead atoms. The Balaban J connectivity index is 2.10. The van der Waals surface area contributed by atoms with E-state index in [1.165, 1.54) is 6.39 Å². The molecular formula is C14H9ClN2O. The highest BCUT2D eigenvalue weighted by Crippen LogP contribution is 2.31. The fraction of sp³-hybridized carbons (Fsp3) is 0. The standard InChI is InChI=1S/C14H9ClN2O/c15-12-3-1-10(2-4-12)13-14(18-9-17-13)11-5-7-16-8-6-11/h1-9H. The summed E-state index contributed by atoms with van der Waals surface area (Å²) in [6.07, 6.45) is 4.90. The molecule has 0 aliphatic heterocycles. The van der Waals surface area contributed by atoms with Gasteiger partial charge < -0.3 is 4.42 Å². The average Bonchev–Trinajstić information content (AvgIpc) is 2.90. The van der Waals surface area contributed by atoms with E-state index < -0.39 is 0 Å². The quantitative estimate of drug-likeness (QED) is 0.694. The fourth-order valence-electron chi connectivity index (χ4n) is 1.77. The van der Waals surface area contributed by atoms with E-state index in [4.69, 9.17) is 16.0 Å². The first-order valence-corrected chi connectivity index (χ1v) is 5.82. The molecule has 0 amide bonds. The zero-order valence-electron chi connectivity index (χ0n) is 9.38. The first-order valence-electron chi connectivity index (χ1n) is 5.44. The van der Waals surface area contributed by atoms with Crippen LogP contribution in [0.25, 0.3) is 22.6 Å². The Morgan fingerprint density at radius 1 is 0.889 bits per heavy atom. The number of benzene rings is 1. The highest BCUT2D eigenvalue weighted by Gasteiger charge is 2.12. The molecular weight excluding hydrogens is 248 g/mol. The van der Waals surface area contributed by atoms with Gasteiger partial charge in [-0.1, -0.05) is 23.7 Å². The smallest absolute Gasteiger partial charge is 0.182 e. The van der Waals surface area contributed by atoms with Crippen LogP contribution in [0, 0.1) is 0 Å². The molecule has 0 saturated carbocycles. The van der Waals surface area contributed by atoms with E-state index in [1.807, 2.05) is 36.4 Å². The molecule has 0 fully saturated rings. The van der Waals surface area contributed by atoms with Gasteiger partial charge in [-0.15, -0.1) is 0 Å². The van der Waals surface area contributed by atoms with Gasteiger partial charge in [0, 0.05) is 28.5 Å². The second-order valence-electron chi connectivity index (χ2n) is 3.77. The van der Waals surface area contributed by atoms with Gasteiger partial charge in [0.25, 0.3) is 0 Å². The molecule has 3 aromatic rings. The molecule has 0 aliphatic carbocycles. The zero-order chi connectivity index (χ0) is 12.4. The van der Waals surface area contributed by atoms with Gasteiger partial charge in [-0.3, -0.25) is 4.98 Å². The van der Waals surface area contributed by atoms with Gasteiger partial charge in [0.05, 0.1) is 0 Å². The van der Waals surface area contributed by atoms with Gasteiger partial charge in [0.15, 0.2) is 12.2 Å². The largest absolute Gasteiger partial charge is 0.443 e. The molecule has 88 valence electrons. The summed E-state index contributed by atoms with van der Waals surface area (Å²) in [5, 5.41) is 0.702. The molecule has 4 heteroatoms. The number of rotatable bonds is 2. The summed E-state index contributed by atoms with van der Waals surface area (Å²) in [4.78, 5) is 8.25. The highest BCUT2D eigenvalue weighted by molar-refractivity contribution is 6.30. The monoisotopic (exact) mass is 256 g/mol. The molecule has 0 aliphatic rings. The topological polar surface area (TPSA) is 38.9 Å². The molecule has 0 spiro atoms. The predicted molar refractivity (Wildman–Crippen MR) is 70.2 cm³/mol. The van der Waals surface area contributed by atoms with Gasteiger partial charge in [0.1, 0.15) is 5.69 Å². The van der Waals surface area contributed by atoms with Crippen molar-refractivity contribution in [2.24, 2.45) is 0 Å². The minimum atomic E-state index is 0.702. The van der Waals surface area contributed by atoms with Crippen molar-refractivity contribution in [3.63, 3.8) is 0 Å². The Hall–Kier alpha value is -2.13. The molecule has 0 atom stereocenters. The summed E-state index contributed by atoms with van der Waals surface area (Å²) in [6.45, 7) is 0. The lowest BCUT2D eigenvalue weighted by molar-refractivity contribution is 0.572. The minimum absolute atomic E-state index is 0.702. The van der Waals surface area contributed by atoms with Gasteiger partial charge in [-0.05, 0) is 24.3 Å². The molecule has 2 heterocycles. The maximum Gasteiger partial charge on any atom is 0.182 e. The molecule has 0 saturated heterocycles. The summed E-state index contributed by atoms with van der Waals surface area (Å²) < 4.78 is 5.46. The average molecular weight is 257 g/mol. The first kappa shape index (κ1) is 11.0. The second kappa shape index (κ2) is 4.63. The number of hydrogen-bond donors (Lipinski definition) is 0. The number of halogens is 1. The molecule has 0 N–H and O–H groups in total. The Morgan fingerprint density at radius 2 is 1.61 bits per heavy atom. The van der Waals surface area contributed by atoms with Crippen LogP contribution in [-0.4, -0.2) is 9.97 Å². The van der Waals surface area contributed by atoms with E-state index in [1.54, 1.807) is 12.4 Å². The number of pyridine rings is 1.